The quantitative estimate of drug-likeness (QED) is 0.301. The zero-order valence-electron chi connectivity index (χ0n) is 13.4. The van der Waals surface area contributed by atoms with Gasteiger partial charge in [-0.25, -0.2) is 9.79 Å². The summed E-state index contributed by atoms with van der Waals surface area (Å²) in [5.41, 5.74) is 0.385. The highest BCUT2D eigenvalue weighted by Gasteiger charge is 2.28. The molecule has 2 aromatic carbocycles. The van der Waals surface area contributed by atoms with Crippen LogP contribution in [0, 0.1) is 10.1 Å². The molecule has 134 valence electrons. The average molecular weight is 401 g/mol. The maximum atomic E-state index is 12.1. The molecular formula is C18H9ClN2O5S. The van der Waals surface area contributed by atoms with Crippen LogP contribution in [0.3, 0.4) is 0 Å². The molecule has 0 saturated heterocycles. The third-order valence-corrected chi connectivity index (χ3v) is 5.51. The van der Waals surface area contributed by atoms with E-state index in [4.69, 9.17) is 16.3 Å². The van der Waals surface area contributed by atoms with Crippen LogP contribution in [0.1, 0.15) is 10.4 Å². The van der Waals surface area contributed by atoms with Gasteiger partial charge in [0.15, 0.2) is 5.70 Å². The fourth-order valence-electron chi connectivity index (χ4n) is 2.57. The molecule has 0 spiro atoms. The van der Waals surface area contributed by atoms with Crippen LogP contribution in [-0.2, 0) is 9.53 Å². The van der Waals surface area contributed by atoms with E-state index in [1.807, 2.05) is 0 Å². The molecule has 0 radical (unpaired) electrons. The van der Waals surface area contributed by atoms with E-state index in [9.17, 15) is 20.0 Å². The highest BCUT2D eigenvalue weighted by atomic mass is 35.5. The van der Waals surface area contributed by atoms with Crippen LogP contribution in [-0.4, -0.2) is 21.9 Å². The zero-order chi connectivity index (χ0) is 19.1. The maximum absolute atomic E-state index is 12.1. The maximum Gasteiger partial charge on any atom is 0.363 e. The number of cyclic esters (lactones) is 1. The number of hydrogen-bond acceptors (Lipinski definition) is 7. The van der Waals surface area contributed by atoms with Gasteiger partial charge in [0.25, 0.3) is 5.69 Å². The minimum atomic E-state index is -0.673. The van der Waals surface area contributed by atoms with E-state index < -0.39 is 10.9 Å². The van der Waals surface area contributed by atoms with E-state index in [0.29, 0.717) is 25.5 Å². The van der Waals surface area contributed by atoms with Gasteiger partial charge in [-0.05, 0) is 18.2 Å². The second kappa shape index (κ2) is 6.49. The molecule has 4 rings (SSSR count). The second-order valence-electron chi connectivity index (χ2n) is 5.58. The Kier molecular flexibility index (Phi) is 4.14. The molecule has 1 aliphatic heterocycles. The fraction of sp³-hybridized carbons (Fsp3) is 0. The van der Waals surface area contributed by atoms with E-state index in [1.54, 1.807) is 24.3 Å². The number of carbonyl (C=O) groups is 1. The summed E-state index contributed by atoms with van der Waals surface area (Å²) in [6.07, 6.45) is 1.41. The number of ether oxygens (including phenoxy) is 1. The minimum Gasteiger partial charge on any atom is -0.507 e. The highest BCUT2D eigenvalue weighted by Crippen LogP contribution is 2.39. The number of para-hydroxylation sites is 1. The molecule has 9 heteroatoms. The molecule has 0 unspecified atom stereocenters. The number of thiophene rings is 1. The van der Waals surface area contributed by atoms with E-state index in [2.05, 4.69) is 4.99 Å². The van der Waals surface area contributed by atoms with Crippen LogP contribution < -0.4 is 0 Å². The topological polar surface area (TPSA) is 102 Å². The number of esters is 1. The van der Waals surface area contributed by atoms with E-state index in [-0.39, 0.29) is 23.0 Å². The van der Waals surface area contributed by atoms with Crippen molar-refractivity contribution in [3.05, 3.63) is 73.7 Å². The SMILES string of the molecule is O=C1OC(c2sc3cc([N+](=O)[O-])ccc3c2Cl)=N/C1=C/c1ccccc1O. The van der Waals surface area contributed by atoms with Crippen molar-refractivity contribution < 1.29 is 19.6 Å². The molecule has 0 atom stereocenters. The molecule has 1 N–H and O–H groups in total. The van der Waals surface area contributed by atoms with E-state index >= 15 is 0 Å². The number of fused-ring (bicyclic) bond motifs is 1. The number of phenols is 1. The molecule has 1 aliphatic rings. The van der Waals surface area contributed by atoms with Crippen molar-refractivity contribution in [3.8, 4) is 5.75 Å². The molecule has 0 amide bonds. The average Bonchev–Trinajstić information content (AvgIpc) is 3.17. The van der Waals surface area contributed by atoms with Crippen LogP contribution in [0.15, 0.2) is 53.2 Å². The predicted molar refractivity (Wildman–Crippen MR) is 102 cm³/mol. The monoisotopic (exact) mass is 400 g/mol. The summed E-state index contributed by atoms with van der Waals surface area (Å²) in [5.74, 6) is -0.642. The molecule has 2 heterocycles. The van der Waals surface area contributed by atoms with Gasteiger partial charge in [-0.1, -0.05) is 29.8 Å². The number of rotatable bonds is 3. The Morgan fingerprint density at radius 2 is 2.04 bits per heavy atom. The zero-order valence-corrected chi connectivity index (χ0v) is 15.0. The number of aromatic hydroxyl groups is 1. The van der Waals surface area contributed by atoms with Gasteiger partial charge in [-0.3, -0.25) is 10.1 Å². The number of carbonyl (C=O) groups excluding carboxylic acids is 1. The smallest absolute Gasteiger partial charge is 0.363 e. The Balaban J connectivity index is 1.77. The van der Waals surface area contributed by atoms with Gasteiger partial charge in [0.2, 0.25) is 5.90 Å². The van der Waals surface area contributed by atoms with Crippen molar-refractivity contribution in [2.45, 2.75) is 0 Å². The number of nitrogens with zero attached hydrogens (tertiary/aromatic N) is 2. The Labute approximate surface area is 160 Å². The number of non-ortho nitro benzene ring substituents is 1. The number of phenolic OH excluding ortho intramolecular Hbond substituents is 1. The van der Waals surface area contributed by atoms with Crippen molar-refractivity contribution >= 4 is 56.7 Å². The number of halogens is 1. The number of benzene rings is 2. The van der Waals surface area contributed by atoms with Crippen LogP contribution in [0.2, 0.25) is 5.02 Å². The summed E-state index contributed by atoms with van der Waals surface area (Å²) in [5, 5.41) is 21.7. The Bertz CT molecular complexity index is 1180. The number of nitro benzene ring substituents is 1. The summed E-state index contributed by atoms with van der Waals surface area (Å²) in [7, 11) is 0. The molecule has 27 heavy (non-hydrogen) atoms. The lowest BCUT2D eigenvalue weighted by molar-refractivity contribution is -0.384. The van der Waals surface area contributed by atoms with Crippen molar-refractivity contribution in [2.24, 2.45) is 4.99 Å². The van der Waals surface area contributed by atoms with E-state index in [1.165, 1.54) is 24.3 Å². The molecule has 0 saturated carbocycles. The first-order valence-electron chi connectivity index (χ1n) is 7.61. The van der Waals surface area contributed by atoms with Gasteiger partial charge in [-0.15, -0.1) is 11.3 Å². The Morgan fingerprint density at radius 3 is 2.78 bits per heavy atom. The van der Waals surface area contributed by atoms with Crippen molar-refractivity contribution in [3.63, 3.8) is 0 Å². The van der Waals surface area contributed by atoms with Crippen LogP contribution >= 0.6 is 22.9 Å². The number of nitro groups is 1. The largest absolute Gasteiger partial charge is 0.507 e. The first kappa shape index (κ1) is 17.2. The predicted octanol–water partition coefficient (Wildman–Crippen LogP) is 4.51. The van der Waals surface area contributed by atoms with Crippen molar-refractivity contribution in [1.29, 1.82) is 0 Å². The summed E-state index contributed by atoms with van der Waals surface area (Å²) >= 11 is 7.50. The molecular weight excluding hydrogens is 392 g/mol. The third kappa shape index (κ3) is 3.05. The molecule has 7 nitrogen and oxygen atoms in total. The summed E-state index contributed by atoms with van der Waals surface area (Å²) in [6.45, 7) is 0. The molecule has 0 fully saturated rings. The fourth-order valence-corrected chi connectivity index (χ4v) is 4.04. The highest BCUT2D eigenvalue weighted by molar-refractivity contribution is 7.21. The van der Waals surface area contributed by atoms with Gasteiger partial charge in [-0.2, -0.15) is 0 Å². The number of hydrogen-bond donors (Lipinski definition) is 1. The third-order valence-electron chi connectivity index (χ3n) is 3.87. The Hall–Kier alpha value is -3.23. The lowest BCUT2D eigenvalue weighted by Crippen LogP contribution is -2.04. The first-order valence-corrected chi connectivity index (χ1v) is 8.81. The summed E-state index contributed by atoms with van der Waals surface area (Å²) in [4.78, 5) is 27.2. The summed E-state index contributed by atoms with van der Waals surface area (Å²) < 4.78 is 5.80. The standard InChI is InChI=1S/C18H9ClN2O5S/c19-15-11-6-5-10(21(24)25)8-14(11)27-16(15)17-20-12(18(23)26-17)7-9-3-1-2-4-13(9)22/h1-8,22H/b12-7+. The van der Waals surface area contributed by atoms with Gasteiger partial charge >= 0.3 is 5.97 Å². The van der Waals surface area contributed by atoms with E-state index in [0.717, 1.165) is 11.3 Å². The minimum absolute atomic E-state index is 0.00801. The molecule has 3 aromatic rings. The number of aliphatic imine (C=N–C) groups is 1. The molecule has 0 bridgehead atoms. The van der Waals surface area contributed by atoms with Gasteiger partial charge in [0, 0.05) is 27.8 Å². The van der Waals surface area contributed by atoms with Crippen molar-refractivity contribution in [1.82, 2.24) is 0 Å². The first-order chi connectivity index (χ1) is 12.9. The van der Waals surface area contributed by atoms with Crippen LogP contribution in [0.4, 0.5) is 5.69 Å². The van der Waals surface area contributed by atoms with Gasteiger partial charge < -0.3 is 9.84 Å². The molecule has 1 aromatic heterocycles. The normalized spacial score (nSPS) is 15.2. The molecule has 0 aliphatic carbocycles. The van der Waals surface area contributed by atoms with Crippen LogP contribution in [0.5, 0.6) is 5.75 Å². The van der Waals surface area contributed by atoms with Crippen LogP contribution in [0.25, 0.3) is 16.2 Å². The lowest BCUT2D eigenvalue weighted by atomic mass is 10.1. The van der Waals surface area contributed by atoms with Gasteiger partial charge in [0.1, 0.15) is 10.6 Å². The lowest BCUT2D eigenvalue weighted by Gasteiger charge is -1.97. The second-order valence-corrected chi connectivity index (χ2v) is 7.01. The van der Waals surface area contributed by atoms with Gasteiger partial charge in [0.05, 0.1) is 9.95 Å². The Morgan fingerprint density at radius 1 is 1.26 bits per heavy atom. The summed E-state index contributed by atoms with van der Waals surface area (Å²) in [6, 6.07) is 10.8. The van der Waals surface area contributed by atoms with Crippen molar-refractivity contribution in [2.75, 3.05) is 0 Å².